The SMILES string of the molecule is O=[N+]([O-])c1cccc(-c2nc(S(=O)(=O)c3ccccc3)c(N3CCCCC3)o2)c1. The smallest absolute Gasteiger partial charge is 0.270 e. The van der Waals surface area contributed by atoms with Crippen LogP contribution in [0.15, 0.2) is 68.9 Å². The summed E-state index contributed by atoms with van der Waals surface area (Å²) < 4.78 is 32.4. The van der Waals surface area contributed by atoms with Gasteiger partial charge in [0.05, 0.1) is 9.82 Å². The number of sulfone groups is 1. The number of piperidine rings is 1. The molecular weight excluding hydrogens is 394 g/mol. The van der Waals surface area contributed by atoms with Gasteiger partial charge in [0.15, 0.2) is 0 Å². The second-order valence-corrected chi connectivity index (χ2v) is 8.67. The Bertz CT molecular complexity index is 1140. The van der Waals surface area contributed by atoms with Gasteiger partial charge < -0.3 is 9.32 Å². The van der Waals surface area contributed by atoms with Gasteiger partial charge in [0.25, 0.3) is 5.69 Å². The number of aromatic nitrogens is 1. The van der Waals surface area contributed by atoms with Crippen LogP contribution in [0.5, 0.6) is 0 Å². The van der Waals surface area contributed by atoms with E-state index in [1.165, 1.54) is 30.3 Å². The first-order valence-electron chi connectivity index (χ1n) is 9.27. The molecule has 2 aromatic carbocycles. The van der Waals surface area contributed by atoms with E-state index in [1.54, 1.807) is 24.3 Å². The van der Waals surface area contributed by atoms with Crippen LogP contribution in [0.3, 0.4) is 0 Å². The number of hydrogen-bond acceptors (Lipinski definition) is 7. The first-order chi connectivity index (χ1) is 14.0. The number of anilines is 1. The fourth-order valence-corrected chi connectivity index (χ4v) is 4.70. The molecule has 3 aromatic rings. The van der Waals surface area contributed by atoms with Gasteiger partial charge in [-0.05, 0) is 37.5 Å². The molecule has 4 rings (SSSR count). The first kappa shape index (κ1) is 19.1. The second kappa shape index (κ2) is 7.67. The predicted octanol–water partition coefficient (Wildman–Crippen LogP) is 4.07. The maximum absolute atomic E-state index is 13.3. The molecule has 29 heavy (non-hydrogen) atoms. The van der Waals surface area contributed by atoms with E-state index in [0.717, 1.165) is 19.3 Å². The Morgan fingerprint density at radius 3 is 2.41 bits per heavy atom. The van der Waals surface area contributed by atoms with Crippen LogP contribution < -0.4 is 4.90 Å². The zero-order valence-electron chi connectivity index (χ0n) is 15.5. The summed E-state index contributed by atoms with van der Waals surface area (Å²) in [5.41, 5.74) is 0.236. The number of non-ortho nitro benzene ring substituents is 1. The summed E-state index contributed by atoms with van der Waals surface area (Å²) in [4.78, 5) is 16.9. The monoisotopic (exact) mass is 413 g/mol. The minimum Gasteiger partial charge on any atom is -0.419 e. The average Bonchev–Trinajstić information content (AvgIpc) is 3.22. The Hall–Kier alpha value is -3.20. The molecule has 0 aliphatic carbocycles. The van der Waals surface area contributed by atoms with Crippen LogP contribution in [-0.2, 0) is 9.84 Å². The fourth-order valence-electron chi connectivity index (χ4n) is 3.36. The van der Waals surface area contributed by atoms with E-state index in [-0.39, 0.29) is 27.4 Å². The number of benzene rings is 2. The molecule has 9 heteroatoms. The Kier molecular flexibility index (Phi) is 5.06. The van der Waals surface area contributed by atoms with Gasteiger partial charge in [-0.1, -0.05) is 24.3 Å². The van der Waals surface area contributed by atoms with Gasteiger partial charge in [0.1, 0.15) is 0 Å². The molecule has 0 amide bonds. The molecule has 0 atom stereocenters. The zero-order chi connectivity index (χ0) is 20.4. The summed E-state index contributed by atoms with van der Waals surface area (Å²) in [6.07, 6.45) is 2.93. The van der Waals surface area contributed by atoms with E-state index >= 15 is 0 Å². The van der Waals surface area contributed by atoms with Crippen molar-refractivity contribution in [3.8, 4) is 11.5 Å². The molecule has 1 saturated heterocycles. The van der Waals surface area contributed by atoms with Gasteiger partial charge in [-0.2, -0.15) is 4.98 Å². The summed E-state index contributed by atoms with van der Waals surface area (Å²) in [7, 11) is -3.91. The molecule has 0 bridgehead atoms. The highest BCUT2D eigenvalue weighted by atomic mass is 32.2. The highest BCUT2D eigenvalue weighted by Gasteiger charge is 2.32. The molecule has 8 nitrogen and oxygen atoms in total. The fraction of sp³-hybridized carbons (Fsp3) is 0.250. The van der Waals surface area contributed by atoms with Crippen molar-refractivity contribution in [1.82, 2.24) is 4.98 Å². The summed E-state index contributed by atoms with van der Waals surface area (Å²) >= 11 is 0. The lowest BCUT2D eigenvalue weighted by molar-refractivity contribution is -0.384. The largest absolute Gasteiger partial charge is 0.419 e. The van der Waals surface area contributed by atoms with Crippen molar-refractivity contribution in [1.29, 1.82) is 0 Å². The summed E-state index contributed by atoms with van der Waals surface area (Å²) in [6, 6.07) is 13.9. The topological polar surface area (TPSA) is 107 Å². The molecule has 0 spiro atoms. The van der Waals surface area contributed by atoms with Crippen molar-refractivity contribution in [2.45, 2.75) is 29.2 Å². The lowest BCUT2D eigenvalue weighted by Gasteiger charge is -2.26. The van der Waals surface area contributed by atoms with E-state index in [4.69, 9.17) is 4.42 Å². The van der Waals surface area contributed by atoms with Crippen molar-refractivity contribution in [2.75, 3.05) is 18.0 Å². The van der Waals surface area contributed by atoms with E-state index in [0.29, 0.717) is 18.7 Å². The summed E-state index contributed by atoms with van der Waals surface area (Å²) in [6.45, 7) is 1.34. The van der Waals surface area contributed by atoms with Crippen LogP contribution in [0.4, 0.5) is 11.6 Å². The predicted molar refractivity (Wildman–Crippen MR) is 107 cm³/mol. The molecule has 0 saturated carbocycles. The molecule has 2 heterocycles. The van der Waals surface area contributed by atoms with Crippen molar-refractivity contribution in [3.05, 3.63) is 64.7 Å². The molecular formula is C20H19N3O5S. The third-order valence-corrected chi connectivity index (χ3v) is 6.50. The second-order valence-electron chi connectivity index (χ2n) is 6.80. The summed E-state index contributed by atoms with van der Waals surface area (Å²) in [5.74, 6) is 0.235. The molecule has 1 aromatic heterocycles. The van der Waals surface area contributed by atoms with Gasteiger partial charge in [-0.15, -0.1) is 0 Å². The molecule has 1 aliphatic heterocycles. The van der Waals surface area contributed by atoms with Crippen molar-refractivity contribution < 1.29 is 17.8 Å². The molecule has 0 N–H and O–H groups in total. The van der Waals surface area contributed by atoms with E-state index in [1.807, 2.05) is 4.90 Å². The Balaban J connectivity index is 1.86. The van der Waals surface area contributed by atoms with Crippen LogP contribution in [-0.4, -0.2) is 31.4 Å². The molecule has 1 fully saturated rings. The zero-order valence-corrected chi connectivity index (χ0v) is 16.3. The maximum atomic E-state index is 13.3. The molecule has 0 radical (unpaired) electrons. The quantitative estimate of drug-likeness (QED) is 0.458. The molecule has 0 unspecified atom stereocenters. The van der Waals surface area contributed by atoms with Crippen molar-refractivity contribution >= 4 is 21.4 Å². The third-order valence-electron chi connectivity index (χ3n) is 4.83. The van der Waals surface area contributed by atoms with Gasteiger partial charge in [0, 0.05) is 30.8 Å². The number of rotatable bonds is 5. The van der Waals surface area contributed by atoms with Crippen LogP contribution in [0, 0.1) is 10.1 Å². The third kappa shape index (κ3) is 3.73. The number of oxazole rings is 1. The highest BCUT2D eigenvalue weighted by molar-refractivity contribution is 7.91. The number of hydrogen-bond donors (Lipinski definition) is 0. The number of nitro benzene ring substituents is 1. The minimum absolute atomic E-state index is 0.0452. The standard InChI is InChI=1S/C20H19N3O5S/c24-23(25)16-9-7-8-15(14-16)18-21-19(20(28-18)22-12-5-2-6-13-22)29(26,27)17-10-3-1-4-11-17/h1,3-4,7-11,14H,2,5-6,12-13H2. The van der Waals surface area contributed by atoms with Gasteiger partial charge in [0.2, 0.25) is 26.6 Å². The average molecular weight is 413 g/mol. The van der Waals surface area contributed by atoms with Crippen LogP contribution >= 0.6 is 0 Å². The Labute approximate surface area is 167 Å². The van der Waals surface area contributed by atoms with Crippen molar-refractivity contribution in [3.63, 3.8) is 0 Å². The van der Waals surface area contributed by atoms with Gasteiger partial charge in [-0.3, -0.25) is 10.1 Å². The Morgan fingerprint density at radius 1 is 1.00 bits per heavy atom. The Morgan fingerprint density at radius 2 is 1.72 bits per heavy atom. The minimum atomic E-state index is -3.91. The van der Waals surface area contributed by atoms with Crippen LogP contribution in [0.1, 0.15) is 19.3 Å². The van der Waals surface area contributed by atoms with Crippen LogP contribution in [0.2, 0.25) is 0 Å². The highest BCUT2D eigenvalue weighted by Crippen LogP contribution is 2.36. The normalized spacial score (nSPS) is 14.7. The van der Waals surface area contributed by atoms with Gasteiger partial charge >= 0.3 is 0 Å². The lowest BCUT2D eigenvalue weighted by atomic mass is 10.1. The molecule has 1 aliphatic rings. The first-order valence-corrected chi connectivity index (χ1v) is 10.8. The maximum Gasteiger partial charge on any atom is 0.270 e. The van der Waals surface area contributed by atoms with Crippen LogP contribution in [0.25, 0.3) is 11.5 Å². The van der Waals surface area contributed by atoms with E-state index < -0.39 is 14.8 Å². The summed E-state index contributed by atoms with van der Waals surface area (Å²) in [5, 5.41) is 10.9. The lowest BCUT2D eigenvalue weighted by Crippen LogP contribution is -2.30. The van der Waals surface area contributed by atoms with Crippen molar-refractivity contribution in [2.24, 2.45) is 0 Å². The van der Waals surface area contributed by atoms with Gasteiger partial charge in [-0.25, -0.2) is 8.42 Å². The number of nitro groups is 1. The van der Waals surface area contributed by atoms with E-state index in [9.17, 15) is 18.5 Å². The molecule has 150 valence electrons. The number of nitrogens with zero attached hydrogens (tertiary/aromatic N) is 3. The van der Waals surface area contributed by atoms with E-state index in [2.05, 4.69) is 4.98 Å².